The summed E-state index contributed by atoms with van der Waals surface area (Å²) in [6.45, 7) is 8.06. The number of piperazine rings is 1. The summed E-state index contributed by atoms with van der Waals surface area (Å²) in [4.78, 5) is 9.61. The van der Waals surface area contributed by atoms with E-state index in [0.29, 0.717) is 0 Å². The Morgan fingerprint density at radius 1 is 1.25 bits per heavy atom. The second kappa shape index (κ2) is 7.71. The van der Waals surface area contributed by atoms with E-state index in [-0.39, 0.29) is 12.4 Å². The molecule has 0 radical (unpaired) electrons. The molecule has 0 aromatic carbocycles. The molecule has 20 heavy (non-hydrogen) atoms. The molecule has 1 atom stereocenters. The lowest BCUT2D eigenvalue weighted by Gasteiger charge is -2.37. The fraction of sp³-hybridized carbons (Fsp3) is 0.643. The normalized spacial score (nSPS) is 24.6. The maximum Gasteiger partial charge on any atom is 0.0544 e. The number of aromatic nitrogens is 1. The van der Waals surface area contributed by atoms with E-state index in [1.165, 1.54) is 38.3 Å². The van der Waals surface area contributed by atoms with Crippen LogP contribution in [0.25, 0.3) is 0 Å². The monoisotopic (exact) mass is 360 g/mol. The predicted octanol–water partition coefficient (Wildman–Crippen LogP) is 1.75. The molecule has 3 rings (SSSR count). The zero-order chi connectivity index (χ0) is 13.1. The lowest BCUT2D eigenvalue weighted by atomic mass is 10.2. The highest BCUT2D eigenvalue weighted by atomic mass is 79.9. The van der Waals surface area contributed by atoms with Gasteiger partial charge in [0, 0.05) is 56.0 Å². The first-order valence-electron chi connectivity index (χ1n) is 7.09. The quantitative estimate of drug-likeness (QED) is 0.889. The van der Waals surface area contributed by atoms with Crippen molar-refractivity contribution in [2.24, 2.45) is 0 Å². The maximum atomic E-state index is 4.46. The van der Waals surface area contributed by atoms with Crippen molar-refractivity contribution < 1.29 is 0 Å². The molecule has 0 bridgehead atoms. The Balaban J connectivity index is 0.00000147. The minimum Gasteiger partial charge on any atom is -0.315 e. The SMILES string of the molecule is Brc1ccc(CN2CCN(C3CCNC3)CC2)nc1.Cl. The van der Waals surface area contributed by atoms with Crippen LogP contribution in [0.1, 0.15) is 12.1 Å². The van der Waals surface area contributed by atoms with Gasteiger partial charge in [0.1, 0.15) is 0 Å². The molecule has 2 aliphatic heterocycles. The average molecular weight is 362 g/mol. The van der Waals surface area contributed by atoms with Gasteiger partial charge in [-0.1, -0.05) is 0 Å². The number of halogens is 2. The number of pyridine rings is 1. The van der Waals surface area contributed by atoms with Gasteiger partial charge in [-0.3, -0.25) is 14.8 Å². The summed E-state index contributed by atoms with van der Waals surface area (Å²) in [5, 5.41) is 3.46. The van der Waals surface area contributed by atoms with E-state index in [9.17, 15) is 0 Å². The third kappa shape index (κ3) is 4.15. The van der Waals surface area contributed by atoms with Crippen LogP contribution >= 0.6 is 28.3 Å². The molecule has 2 fully saturated rings. The van der Waals surface area contributed by atoms with E-state index in [1.807, 2.05) is 6.20 Å². The minimum absolute atomic E-state index is 0. The molecular weight excluding hydrogens is 340 g/mol. The van der Waals surface area contributed by atoms with Gasteiger partial charge in [0.15, 0.2) is 0 Å². The molecule has 0 spiro atoms. The predicted molar refractivity (Wildman–Crippen MR) is 87.3 cm³/mol. The van der Waals surface area contributed by atoms with E-state index in [4.69, 9.17) is 0 Å². The van der Waals surface area contributed by atoms with Gasteiger partial charge >= 0.3 is 0 Å². The molecule has 1 N–H and O–H groups in total. The van der Waals surface area contributed by atoms with E-state index >= 15 is 0 Å². The van der Waals surface area contributed by atoms with Crippen LogP contribution in [-0.4, -0.2) is 60.1 Å². The maximum absolute atomic E-state index is 4.46. The summed E-state index contributed by atoms with van der Waals surface area (Å²) in [7, 11) is 0. The average Bonchev–Trinajstić information content (AvgIpc) is 2.96. The van der Waals surface area contributed by atoms with Crippen LogP contribution in [0.4, 0.5) is 0 Å². The highest BCUT2D eigenvalue weighted by Crippen LogP contribution is 2.14. The Morgan fingerprint density at radius 3 is 2.65 bits per heavy atom. The zero-order valence-corrected chi connectivity index (χ0v) is 14.0. The molecule has 1 aromatic heterocycles. The van der Waals surface area contributed by atoms with Gasteiger partial charge in [0.2, 0.25) is 0 Å². The fourth-order valence-corrected chi connectivity index (χ4v) is 3.20. The van der Waals surface area contributed by atoms with Gasteiger partial charge in [-0.2, -0.15) is 0 Å². The van der Waals surface area contributed by atoms with E-state index in [2.05, 4.69) is 48.2 Å². The first-order valence-corrected chi connectivity index (χ1v) is 7.88. The highest BCUT2D eigenvalue weighted by Gasteiger charge is 2.25. The number of nitrogens with zero attached hydrogens (tertiary/aromatic N) is 3. The van der Waals surface area contributed by atoms with Crippen LogP contribution in [0.15, 0.2) is 22.8 Å². The zero-order valence-electron chi connectivity index (χ0n) is 11.6. The topological polar surface area (TPSA) is 31.4 Å². The lowest BCUT2D eigenvalue weighted by molar-refractivity contribution is 0.0973. The Morgan fingerprint density at radius 2 is 2.05 bits per heavy atom. The molecule has 1 aromatic rings. The highest BCUT2D eigenvalue weighted by molar-refractivity contribution is 9.10. The molecule has 112 valence electrons. The fourth-order valence-electron chi connectivity index (χ4n) is 2.97. The van der Waals surface area contributed by atoms with Crippen LogP contribution in [0, 0.1) is 0 Å². The molecule has 1 unspecified atom stereocenters. The summed E-state index contributed by atoms with van der Waals surface area (Å²) in [6, 6.07) is 4.95. The standard InChI is InChI=1S/C14H21BrN4.ClH/c15-12-1-2-13(17-9-12)11-18-5-7-19(8-6-18)14-3-4-16-10-14;/h1-2,9,14,16H,3-8,10-11H2;1H. The smallest absolute Gasteiger partial charge is 0.0544 e. The second-order valence-corrected chi connectivity index (χ2v) is 6.34. The number of hydrogen-bond acceptors (Lipinski definition) is 4. The summed E-state index contributed by atoms with van der Waals surface area (Å²) < 4.78 is 1.05. The van der Waals surface area contributed by atoms with Crippen molar-refractivity contribution in [1.29, 1.82) is 0 Å². The van der Waals surface area contributed by atoms with Crippen molar-refractivity contribution in [2.45, 2.75) is 19.0 Å². The Kier molecular flexibility index (Phi) is 6.23. The van der Waals surface area contributed by atoms with Gasteiger partial charge in [0.25, 0.3) is 0 Å². The Labute approximate surface area is 135 Å². The third-order valence-corrected chi connectivity index (χ3v) is 4.60. The number of nitrogens with one attached hydrogen (secondary N) is 1. The molecule has 0 saturated carbocycles. The summed E-state index contributed by atoms with van der Waals surface area (Å²) >= 11 is 3.43. The Bertz CT molecular complexity index is 400. The van der Waals surface area contributed by atoms with Crippen LogP contribution in [0.3, 0.4) is 0 Å². The van der Waals surface area contributed by atoms with E-state index in [1.54, 1.807) is 0 Å². The van der Waals surface area contributed by atoms with E-state index < -0.39 is 0 Å². The number of hydrogen-bond donors (Lipinski definition) is 1. The van der Waals surface area contributed by atoms with Crippen LogP contribution < -0.4 is 5.32 Å². The van der Waals surface area contributed by atoms with Gasteiger partial charge in [-0.15, -0.1) is 12.4 Å². The summed E-state index contributed by atoms with van der Waals surface area (Å²) in [5.41, 5.74) is 1.17. The van der Waals surface area contributed by atoms with Gasteiger partial charge < -0.3 is 5.32 Å². The van der Waals surface area contributed by atoms with Crippen molar-refractivity contribution in [3.05, 3.63) is 28.5 Å². The first-order chi connectivity index (χ1) is 9.31. The van der Waals surface area contributed by atoms with Crippen LogP contribution in [0.5, 0.6) is 0 Å². The van der Waals surface area contributed by atoms with Crippen molar-refractivity contribution in [3.63, 3.8) is 0 Å². The largest absolute Gasteiger partial charge is 0.315 e. The third-order valence-electron chi connectivity index (χ3n) is 4.13. The van der Waals surface area contributed by atoms with Crippen molar-refractivity contribution in [1.82, 2.24) is 20.1 Å². The summed E-state index contributed by atoms with van der Waals surface area (Å²) in [5.74, 6) is 0. The van der Waals surface area contributed by atoms with Gasteiger partial charge in [0.05, 0.1) is 5.69 Å². The molecule has 2 saturated heterocycles. The number of rotatable bonds is 3. The molecule has 4 nitrogen and oxygen atoms in total. The first kappa shape index (κ1) is 16.2. The molecular formula is C14H22BrClN4. The van der Waals surface area contributed by atoms with E-state index in [0.717, 1.165) is 30.1 Å². The molecule has 0 aliphatic carbocycles. The van der Waals surface area contributed by atoms with Gasteiger partial charge in [-0.05, 0) is 41.0 Å². The van der Waals surface area contributed by atoms with Crippen molar-refractivity contribution in [2.75, 3.05) is 39.3 Å². The van der Waals surface area contributed by atoms with Crippen molar-refractivity contribution in [3.8, 4) is 0 Å². The molecule has 0 amide bonds. The minimum atomic E-state index is 0. The lowest BCUT2D eigenvalue weighted by Crippen LogP contribution is -2.50. The Hall–Kier alpha value is -0.200. The van der Waals surface area contributed by atoms with Crippen molar-refractivity contribution >= 4 is 28.3 Å². The molecule has 6 heteroatoms. The van der Waals surface area contributed by atoms with Gasteiger partial charge in [-0.25, -0.2) is 0 Å². The summed E-state index contributed by atoms with van der Waals surface area (Å²) in [6.07, 6.45) is 3.20. The van der Waals surface area contributed by atoms with Crippen LogP contribution in [-0.2, 0) is 6.54 Å². The van der Waals surface area contributed by atoms with Crippen LogP contribution in [0.2, 0.25) is 0 Å². The molecule has 3 heterocycles. The second-order valence-electron chi connectivity index (χ2n) is 5.43. The molecule has 2 aliphatic rings.